The lowest BCUT2D eigenvalue weighted by Crippen LogP contribution is -2.51. The molecule has 0 amide bonds. The minimum Gasteiger partial charge on any atom is -0.393 e. The van der Waals surface area contributed by atoms with Crippen molar-refractivity contribution in [2.24, 2.45) is 52.3 Å². The Bertz CT molecular complexity index is 668. The van der Waals surface area contributed by atoms with Crippen molar-refractivity contribution in [1.29, 1.82) is 0 Å². The van der Waals surface area contributed by atoms with Crippen LogP contribution in [0.1, 0.15) is 106 Å². The van der Waals surface area contributed by atoms with Gasteiger partial charge in [0, 0.05) is 0 Å². The first-order chi connectivity index (χ1) is 14.6. The minimum atomic E-state index is -0.152. The lowest BCUT2D eigenvalue weighted by molar-refractivity contribution is -0.0696. The van der Waals surface area contributed by atoms with Gasteiger partial charge in [-0.1, -0.05) is 59.6 Å². The predicted octanol–water partition coefficient (Wildman–Crippen LogP) is 7.00. The second-order valence-electron chi connectivity index (χ2n) is 13.0. The van der Waals surface area contributed by atoms with Gasteiger partial charge in [0.1, 0.15) is 0 Å². The molecule has 4 rings (SSSR count). The van der Waals surface area contributed by atoms with E-state index in [2.05, 4.69) is 47.6 Å². The predicted molar refractivity (Wildman–Crippen MR) is 130 cm³/mol. The van der Waals surface area contributed by atoms with E-state index >= 15 is 0 Å². The van der Waals surface area contributed by atoms with Crippen LogP contribution in [-0.2, 0) is 0 Å². The summed E-state index contributed by atoms with van der Waals surface area (Å²) in [4.78, 5) is 0. The van der Waals surface area contributed by atoms with Gasteiger partial charge in [-0.3, -0.25) is 0 Å². The Kier molecular flexibility index (Phi) is 6.75. The van der Waals surface area contributed by atoms with Crippen LogP contribution in [0.15, 0.2) is 11.6 Å². The quantitative estimate of drug-likeness (QED) is 0.446. The van der Waals surface area contributed by atoms with E-state index in [4.69, 9.17) is 0 Å². The highest BCUT2D eigenvalue weighted by atomic mass is 16.3. The minimum absolute atomic E-state index is 0.110. The molecule has 3 saturated carbocycles. The van der Waals surface area contributed by atoms with Crippen LogP contribution in [-0.4, -0.2) is 22.4 Å². The van der Waals surface area contributed by atoms with Gasteiger partial charge in [-0.05, 0) is 110 Å². The number of fused-ring (bicyclic) bond motifs is 5. The SMILES string of the molecule is CC[C@H](C[C@@H](O)[C@@H](C)[C@H]1CC[C@H]2[C@@H]3CC=C4C[C@@H](O)CC[C@]4(C)[C@H]3CC[C@]12C)C(C)C. The smallest absolute Gasteiger partial charge is 0.0577 e. The van der Waals surface area contributed by atoms with Gasteiger partial charge in [0.15, 0.2) is 0 Å². The fourth-order valence-electron chi connectivity index (χ4n) is 9.25. The molecule has 178 valence electrons. The average molecular weight is 431 g/mol. The third-order valence-corrected chi connectivity index (χ3v) is 11.4. The first-order valence-corrected chi connectivity index (χ1v) is 13.7. The van der Waals surface area contributed by atoms with Crippen molar-refractivity contribution in [3.05, 3.63) is 11.6 Å². The topological polar surface area (TPSA) is 40.5 Å². The standard InChI is InChI=1S/C29H50O2/c1-7-20(18(2)3)16-27(31)19(4)24-10-11-25-23-9-8-21-17-22(30)12-14-28(21,5)26(23)13-15-29(24,25)6/h8,18-20,22-27,30-31H,7,9-17H2,1-6H3/t19-,20+,22-,23-,24+,25-,26-,27+,28-,29+/m0/s1. The molecule has 2 nitrogen and oxygen atoms in total. The molecule has 0 aromatic carbocycles. The molecule has 0 aromatic rings. The molecule has 0 aromatic heterocycles. The third-order valence-electron chi connectivity index (χ3n) is 11.4. The van der Waals surface area contributed by atoms with Gasteiger partial charge < -0.3 is 10.2 Å². The Morgan fingerprint density at radius 3 is 2.45 bits per heavy atom. The van der Waals surface area contributed by atoms with Crippen LogP contribution in [0.4, 0.5) is 0 Å². The van der Waals surface area contributed by atoms with Crippen LogP contribution in [0.3, 0.4) is 0 Å². The van der Waals surface area contributed by atoms with E-state index in [9.17, 15) is 10.2 Å². The zero-order valence-electron chi connectivity index (χ0n) is 21.2. The van der Waals surface area contributed by atoms with Gasteiger partial charge >= 0.3 is 0 Å². The summed E-state index contributed by atoms with van der Waals surface area (Å²) < 4.78 is 0. The Hall–Kier alpha value is -0.340. The van der Waals surface area contributed by atoms with Gasteiger partial charge in [0.05, 0.1) is 12.2 Å². The summed E-state index contributed by atoms with van der Waals surface area (Å²) in [5.41, 5.74) is 2.31. The molecule has 31 heavy (non-hydrogen) atoms. The van der Waals surface area contributed by atoms with Crippen LogP contribution >= 0.6 is 0 Å². The maximum absolute atomic E-state index is 11.3. The molecule has 2 N–H and O–H groups in total. The summed E-state index contributed by atoms with van der Waals surface area (Å²) in [6, 6.07) is 0. The Morgan fingerprint density at radius 2 is 1.77 bits per heavy atom. The van der Waals surface area contributed by atoms with Crippen molar-refractivity contribution in [3.8, 4) is 0 Å². The van der Waals surface area contributed by atoms with Gasteiger partial charge in [-0.25, -0.2) is 0 Å². The largest absolute Gasteiger partial charge is 0.393 e. The molecule has 0 spiro atoms. The third kappa shape index (κ3) is 3.96. The first kappa shape index (κ1) is 23.8. The average Bonchev–Trinajstić information content (AvgIpc) is 3.08. The number of hydrogen-bond donors (Lipinski definition) is 2. The lowest BCUT2D eigenvalue weighted by Gasteiger charge is -2.58. The zero-order chi connectivity index (χ0) is 22.6. The van der Waals surface area contributed by atoms with Crippen LogP contribution in [0.5, 0.6) is 0 Å². The number of hydrogen-bond acceptors (Lipinski definition) is 2. The number of aliphatic hydroxyl groups excluding tert-OH is 2. The van der Waals surface area contributed by atoms with E-state index in [0.717, 1.165) is 37.0 Å². The molecule has 0 bridgehead atoms. The Labute approximate surface area is 192 Å². The maximum atomic E-state index is 11.3. The molecular weight excluding hydrogens is 380 g/mol. The molecule has 4 aliphatic carbocycles. The van der Waals surface area contributed by atoms with Crippen molar-refractivity contribution in [3.63, 3.8) is 0 Å². The normalized spacial score (nSPS) is 45.3. The van der Waals surface area contributed by atoms with E-state index < -0.39 is 0 Å². The molecule has 10 atom stereocenters. The van der Waals surface area contributed by atoms with E-state index in [-0.39, 0.29) is 12.2 Å². The van der Waals surface area contributed by atoms with Crippen LogP contribution < -0.4 is 0 Å². The Balaban J connectivity index is 1.50. The van der Waals surface area contributed by atoms with E-state index in [1.54, 1.807) is 5.57 Å². The molecule has 4 aliphatic rings. The summed E-state index contributed by atoms with van der Waals surface area (Å²) >= 11 is 0. The molecule has 0 unspecified atom stereocenters. The summed E-state index contributed by atoms with van der Waals surface area (Å²) in [6.07, 6.45) is 14.1. The zero-order valence-corrected chi connectivity index (χ0v) is 21.2. The summed E-state index contributed by atoms with van der Waals surface area (Å²) in [7, 11) is 0. The molecule has 0 radical (unpaired) electrons. The number of rotatable bonds is 6. The molecule has 0 heterocycles. The molecule has 3 fully saturated rings. The fourth-order valence-corrected chi connectivity index (χ4v) is 9.25. The molecular formula is C29H50O2. The van der Waals surface area contributed by atoms with Gasteiger partial charge in [-0.2, -0.15) is 0 Å². The van der Waals surface area contributed by atoms with E-state index in [0.29, 0.717) is 34.5 Å². The maximum Gasteiger partial charge on any atom is 0.0577 e. The van der Waals surface area contributed by atoms with E-state index in [1.807, 2.05) is 0 Å². The van der Waals surface area contributed by atoms with Crippen LogP contribution in [0, 0.1) is 52.3 Å². The Morgan fingerprint density at radius 1 is 1.03 bits per heavy atom. The van der Waals surface area contributed by atoms with Crippen molar-refractivity contribution in [1.82, 2.24) is 0 Å². The molecule has 0 saturated heterocycles. The van der Waals surface area contributed by atoms with Crippen molar-refractivity contribution in [2.45, 2.75) is 118 Å². The highest BCUT2D eigenvalue weighted by Gasteiger charge is 2.59. The first-order valence-electron chi connectivity index (χ1n) is 13.7. The number of aliphatic hydroxyl groups is 2. The van der Waals surface area contributed by atoms with Gasteiger partial charge in [0.25, 0.3) is 0 Å². The molecule has 2 heteroatoms. The van der Waals surface area contributed by atoms with Crippen molar-refractivity contribution >= 4 is 0 Å². The summed E-state index contributed by atoms with van der Waals surface area (Å²) in [5, 5.41) is 21.5. The lowest BCUT2D eigenvalue weighted by atomic mass is 9.47. The van der Waals surface area contributed by atoms with Gasteiger partial charge in [0.2, 0.25) is 0 Å². The van der Waals surface area contributed by atoms with Crippen LogP contribution in [0.25, 0.3) is 0 Å². The second kappa shape index (κ2) is 8.79. The van der Waals surface area contributed by atoms with Crippen LogP contribution in [0.2, 0.25) is 0 Å². The highest BCUT2D eigenvalue weighted by molar-refractivity contribution is 5.25. The van der Waals surface area contributed by atoms with Gasteiger partial charge in [-0.15, -0.1) is 0 Å². The van der Waals surface area contributed by atoms with Crippen molar-refractivity contribution < 1.29 is 10.2 Å². The summed E-state index contributed by atoms with van der Waals surface area (Å²) in [6.45, 7) is 14.4. The fraction of sp³-hybridized carbons (Fsp3) is 0.931. The van der Waals surface area contributed by atoms with Crippen molar-refractivity contribution in [2.75, 3.05) is 0 Å². The monoisotopic (exact) mass is 430 g/mol. The summed E-state index contributed by atoms with van der Waals surface area (Å²) in [5.74, 6) is 4.82. The van der Waals surface area contributed by atoms with E-state index in [1.165, 1.54) is 44.9 Å². The second-order valence-corrected chi connectivity index (χ2v) is 13.0. The number of allylic oxidation sites excluding steroid dienone is 1. The highest BCUT2D eigenvalue weighted by Crippen LogP contribution is 2.67. The molecule has 0 aliphatic heterocycles.